The molecule has 0 amide bonds. The molecule has 1 aliphatic rings. The van der Waals surface area contributed by atoms with Gasteiger partial charge in [0.15, 0.2) is 0 Å². The van der Waals surface area contributed by atoms with Crippen molar-refractivity contribution in [3.63, 3.8) is 0 Å². The highest BCUT2D eigenvalue weighted by Gasteiger charge is 2.42. The van der Waals surface area contributed by atoms with Gasteiger partial charge >= 0.3 is 11.9 Å². The Hall–Kier alpha value is -1.62. The number of hydrogen-bond acceptors (Lipinski definition) is 3. The Kier molecular flexibility index (Phi) is 5.30. The van der Waals surface area contributed by atoms with Gasteiger partial charge in [-0.2, -0.15) is 0 Å². The van der Waals surface area contributed by atoms with Crippen LogP contribution in [-0.4, -0.2) is 35.9 Å². The van der Waals surface area contributed by atoms with Crippen molar-refractivity contribution in [1.82, 2.24) is 0 Å². The third-order valence-corrected chi connectivity index (χ3v) is 3.67. The molecule has 0 aromatic rings. The van der Waals surface area contributed by atoms with E-state index in [1.165, 1.54) is 6.08 Å². The van der Waals surface area contributed by atoms with Crippen LogP contribution in [0.3, 0.4) is 0 Å². The van der Waals surface area contributed by atoms with Gasteiger partial charge in [0.1, 0.15) is 0 Å². The molecule has 0 aromatic carbocycles. The van der Waals surface area contributed by atoms with E-state index in [9.17, 15) is 14.7 Å². The summed E-state index contributed by atoms with van der Waals surface area (Å²) in [6.07, 6.45) is 5.04. The van der Waals surface area contributed by atoms with Crippen LogP contribution in [0.15, 0.2) is 23.3 Å². The average Bonchev–Trinajstić information content (AvgIpc) is 2.36. The van der Waals surface area contributed by atoms with Crippen molar-refractivity contribution < 1.29 is 24.5 Å². The van der Waals surface area contributed by atoms with Crippen molar-refractivity contribution >= 4 is 11.9 Å². The Balaban J connectivity index is 2.88. The lowest BCUT2D eigenvalue weighted by Crippen LogP contribution is -2.35. The Labute approximate surface area is 112 Å². The zero-order valence-electron chi connectivity index (χ0n) is 11.3. The van der Waals surface area contributed by atoms with Gasteiger partial charge in [-0.3, -0.25) is 4.79 Å². The summed E-state index contributed by atoms with van der Waals surface area (Å²) in [7, 11) is 1.60. The first-order valence-corrected chi connectivity index (χ1v) is 6.27. The molecule has 19 heavy (non-hydrogen) atoms. The number of carbonyl (C=O) groups is 2. The number of ether oxygens (including phenoxy) is 1. The van der Waals surface area contributed by atoms with Gasteiger partial charge in [-0.15, -0.1) is 0 Å². The highest BCUT2D eigenvalue weighted by atomic mass is 16.5. The van der Waals surface area contributed by atoms with Crippen molar-refractivity contribution in [2.24, 2.45) is 5.41 Å². The van der Waals surface area contributed by atoms with Crippen LogP contribution in [0.4, 0.5) is 0 Å². The quantitative estimate of drug-likeness (QED) is 0.692. The third-order valence-electron chi connectivity index (χ3n) is 3.67. The Morgan fingerprint density at radius 3 is 2.53 bits per heavy atom. The molecule has 5 nitrogen and oxygen atoms in total. The van der Waals surface area contributed by atoms with E-state index in [1.807, 2.05) is 0 Å². The number of carboxylic acids is 2. The molecule has 0 fully saturated rings. The van der Waals surface area contributed by atoms with Crippen LogP contribution in [0.2, 0.25) is 0 Å². The molecule has 0 bridgehead atoms. The highest BCUT2D eigenvalue weighted by Crippen LogP contribution is 2.42. The number of hydrogen-bond donors (Lipinski definition) is 2. The minimum absolute atomic E-state index is 0.0486. The highest BCUT2D eigenvalue weighted by molar-refractivity contribution is 5.90. The summed E-state index contributed by atoms with van der Waals surface area (Å²) in [5.74, 6) is -2.00. The lowest BCUT2D eigenvalue weighted by Gasteiger charge is -2.33. The van der Waals surface area contributed by atoms with Crippen molar-refractivity contribution in [1.29, 1.82) is 0 Å². The summed E-state index contributed by atoms with van der Waals surface area (Å²) in [5, 5.41) is 18.6. The van der Waals surface area contributed by atoms with E-state index in [1.54, 1.807) is 20.1 Å². The fourth-order valence-corrected chi connectivity index (χ4v) is 2.37. The SMILES string of the molecule is COCCCCC1(C(=O)O)CC(C(=O)O)=CC=C1C. The maximum absolute atomic E-state index is 11.6. The molecule has 0 heterocycles. The molecule has 106 valence electrons. The van der Waals surface area contributed by atoms with Gasteiger partial charge in [-0.25, -0.2) is 4.79 Å². The van der Waals surface area contributed by atoms with Crippen LogP contribution in [0.1, 0.15) is 32.6 Å². The average molecular weight is 268 g/mol. The molecular formula is C14H20O5. The number of aliphatic carboxylic acids is 2. The Bertz CT molecular complexity index is 422. The number of methoxy groups -OCH3 is 1. The van der Waals surface area contributed by atoms with Crippen LogP contribution in [0.5, 0.6) is 0 Å². The predicted octanol–water partition coefficient (Wildman–Crippen LogP) is 2.24. The Morgan fingerprint density at radius 1 is 1.32 bits per heavy atom. The lowest BCUT2D eigenvalue weighted by molar-refractivity contribution is -0.147. The largest absolute Gasteiger partial charge is 0.481 e. The molecule has 1 aliphatic carbocycles. The minimum atomic E-state index is -1.09. The summed E-state index contributed by atoms with van der Waals surface area (Å²) in [5.41, 5.74) is -0.224. The molecule has 5 heteroatoms. The maximum Gasteiger partial charge on any atom is 0.331 e. The van der Waals surface area contributed by atoms with Crippen molar-refractivity contribution in [3.8, 4) is 0 Å². The van der Waals surface area contributed by atoms with E-state index in [-0.39, 0.29) is 12.0 Å². The second-order valence-electron chi connectivity index (χ2n) is 4.86. The van der Waals surface area contributed by atoms with E-state index in [0.29, 0.717) is 25.0 Å². The molecule has 1 rings (SSSR count). The summed E-state index contributed by atoms with van der Waals surface area (Å²) >= 11 is 0. The van der Waals surface area contributed by atoms with Gasteiger partial charge in [0.05, 0.1) is 5.41 Å². The van der Waals surface area contributed by atoms with Gasteiger partial charge < -0.3 is 14.9 Å². The third kappa shape index (κ3) is 3.44. The molecule has 1 unspecified atom stereocenters. The zero-order valence-corrected chi connectivity index (χ0v) is 11.3. The number of rotatable bonds is 7. The van der Waals surface area contributed by atoms with E-state index >= 15 is 0 Å². The summed E-state index contributed by atoms with van der Waals surface area (Å²) in [4.78, 5) is 22.7. The van der Waals surface area contributed by atoms with Crippen LogP contribution in [0.25, 0.3) is 0 Å². The van der Waals surface area contributed by atoms with Gasteiger partial charge in [0, 0.05) is 19.3 Å². The molecule has 0 saturated heterocycles. The van der Waals surface area contributed by atoms with Crippen LogP contribution < -0.4 is 0 Å². The second-order valence-corrected chi connectivity index (χ2v) is 4.86. The standard InChI is InChI=1S/C14H20O5/c1-10-5-6-11(12(15)16)9-14(10,13(17)18)7-3-4-8-19-2/h5-6H,3-4,7-9H2,1-2H3,(H,15,16)(H,17,18). The van der Waals surface area contributed by atoms with Crippen molar-refractivity contribution in [2.45, 2.75) is 32.6 Å². The van der Waals surface area contributed by atoms with Crippen LogP contribution in [-0.2, 0) is 14.3 Å². The van der Waals surface area contributed by atoms with E-state index in [4.69, 9.17) is 9.84 Å². The monoisotopic (exact) mass is 268 g/mol. The minimum Gasteiger partial charge on any atom is -0.481 e. The van der Waals surface area contributed by atoms with E-state index < -0.39 is 17.4 Å². The van der Waals surface area contributed by atoms with Crippen LogP contribution >= 0.6 is 0 Å². The van der Waals surface area contributed by atoms with Gasteiger partial charge in [0.2, 0.25) is 0 Å². The fourth-order valence-electron chi connectivity index (χ4n) is 2.37. The van der Waals surface area contributed by atoms with Crippen LogP contribution in [0, 0.1) is 5.41 Å². The maximum atomic E-state index is 11.6. The molecule has 0 saturated carbocycles. The van der Waals surface area contributed by atoms with Gasteiger partial charge in [-0.1, -0.05) is 17.7 Å². The molecule has 2 N–H and O–H groups in total. The Morgan fingerprint density at radius 2 is 2.00 bits per heavy atom. The summed E-state index contributed by atoms with van der Waals surface area (Å²) in [6, 6.07) is 0. The van der Waals surface area contributed by atoms with E-state index in [0.717, 1.165) is 6.42 Å². The van der Waals surface area contributed by atoms with Gasteiger partial charge in [-0.05, 0) is 32.6 Å². The van der Waals surface area contributed by atoms with Crippen molar-refractivity contribution in [2.75, 3.05) is 13.7 Å². The molecule has 0 aliphatic heterocycles. The van der Waals surface area contributed by atoms with Crippen molar-refractivity contribution in [3.05, 3.63) is 23.3 Å². The van der Waals surface area contributed by atoms with E-state index in [2.05, 4.69) is 0 Å². The second kappa shape index (κ2) is 6.52. The fraction of sp³-hybridized carbons (Fsp3) is 0.571. The number of carboxylic acid groups (broad SMARTS) is 2. The zero-order chi connectivity index (χ0) is 14.5. The number of unbranched alkanes of at least 4 members (excludes halogenated alkanes) is 1. The number of allylic oxidation sites excluding steroid dienone is 2. The predicted molar refractivity (Wildman–Crippen MR) is 69.9 cm³/mol. The first-order valence-electron chi connectivity index (χ1n) is 6.27. The molecule has 0 radical (unpaired) electrons. The molecule has 1 atom stereocenters. The normalized spacial score (nSPS) is 22.6. The van der Waals surface area contributed by atoms with Gasteiger partial charge in [0.25, 0.3) is 0 Å². The summed E-state index contributed by atoms with van der Waals surface area (Å²) in [6.45, 7) is 2.33. The topological polar surface area (TPSA) is 83.8 Å². The summed E-state index contributed by atoms with van der Waals surface area (Å²) < 4.78 is 4.94. The first-order chi connectivity index (χ1) is 8.94. The molecule has 0 aromatic heterocycles. The smallest absolute Gasteiger partial charge is 0.331 e. The molecule has 0 spiro atoms. The first kappa shape index (κ1) is 15.4. The lowest BCUT2D eigenvalue weighted by atomic mass is 9.69. The molecular weight excluding hydrogens is 248 g/mol.